The molecule has 23 heavy (non-hydrogen) atoms. The number of carbonyl (C=O) groups is 2. The first kappa shape index (κ1) is 16.5. The first-order chi connectivity index (χ1) is 11.1. The molecule has 0 aliphatic heterocycles. The van der Waals surface area contributed by atoms with Crippen molar-refractivity contribution in [3.8, 4) is 0 Å². The van der Waals surface area contributed by atoms with E-state index in [1.807, 2.05) is 38.1 Å². The fourth-order valence-corrected chi connectivity index (χ4v) is 2.03. The summed E-state index contributed by atoms with van der Waals surface area (Å²) >= 11 is 0. The minimum absolute atomic E-state index is 0.154. The van der Waals surface area contributed by atoms with Gasteiger partial charge in [-0.05, 0) is 43.7 Å². The number of carbonyl (C=O) groups excluding carboxylic acids is 2. The van der Waals surface area contributed by atoms with Crippen molar-refractivity contribution in [3.05, 3.63) is 71.3 Å². The topological polar surface area (TPSA) is 58.2 Å². The minimum atomic E-state index is -0.237. The fraction of sp³-hybridized carbons (Fsp3) is 0.158. The molecule has 2 N–H and O–H groups in total. The van der Waals surface area contributed by atoms with Crippen molar-refractivity contribution >= 4 is 23.6 Å². The maximum absolute atomic E-state index is 12.0. The summed E-state index contributed by atoms with van der Waals surface area (Å²) in [6, 6.07) is 14.8. The predicted octanol–water partition coefficient (Wildman–Crippen LogP) is 3.40. The highest BCUT2D eigenvalue weighted by Gasteiger charge is 2.05. The quantitative estimate of drug-likeness (QED) is 0.832. The van der Waals surface area contributed by atoms with Crippen LogP contribution in [0.5, 0.6) is 0 Å². The Morgan fingerprint density at radius 3 is 2.52 bits per heavy atom. The van der Waals surface area contributed by atoms with E-state index in [0.29, 0.717) is 17.8 Å². The van der Waals surface area contributed by atoms with Crippen LogP contribution in [0, 0.1) is 6.92 Å². The molecular formula is C19H20N2O2. The summed E-state index contributed by atoms with van der Waals surface area (Å²) in [5, 5.41) is 5.48. The van der Waals surface area contributed by atoms with Crippen molar-refractivity contribution in [3.63, 3.8) is 0 Å². The van der Waals surface area contributed by atoms with Gasteiger partial charge in [-0.1, -0.05) is 35.9 Å². The zero-order chi connectivity index (χ0) is 16.7. The van der Waals surface area contributed by atoms with E-state index in [1.54, 1.807) is 30.3 Å². The molecule has 118 valence electrons. The van der Waals surface area contributed by atoms with Crippen LogP contribution in [0.2, 0.25) is 0 Å². The van der Waals surface area contributed by atoms with E-state index in [9.17, 15) is 9.59 Å². The first-order valence-electron chi connectivity index (χ1n) is 7.52. The normalized spacial score (nSPS) is 10.5. The highest BCUT2D eigenvalue weighted by molar-refractivity contribution is 6.03. The molecule has 0 aliphatic rings. The summed E-state index contributed by atoms with van der Waals surface area (Å²) < 4.78 is 0. The highest BCUT2D eigenvalue weighted by Crippen LogP contribution is 2.11. The fourth-order valence-electron chi connectivity index (χ4n) is 2.03. The SMILES string of the molecule is CCNC(=O)c1cccc(NC(=O)C=Cc2ccc(C)cc2)c1. The van der Waals surface area contributed by atoms with E-state index in [4.69, 9.17) is 0 Å². The number of hydrogen-bond acceptors (Lipinski definition) is 2. The van der Waals surface area contributed by atoms with Gasteiger partial charge in [-0.25, -0.2) is 0 Å². The van der Waals surface area contributed by atoms with Crippen LogP contribution in [0.25, 0.3) is 6.08 Å². The van der Waals surface area contributed by atoms with E-state index in [0.717, 1.165) is 5.56 Å². The molecule has 0 aliphatic carbocycles. The van der Waals surface area contributed by atoms with Crippen molar-refractivity contribution in [2.45, 2.75) is 13.8 Å². The molecule has 0 heterocycles. The molecule has 4 heteroatoms. The Bertz CT molecular complexity index is 718. The summed E-state index contributed by atoms with van der Waals surface area (Å²) in [5.74, 6) is -0.391. The van der Waals surface area contributed by atoms with E-state index in [-0.39, 0.29) is 11.8 Å². The van der Waals surface area contributed by atoms with Gasteiger partial charge in [0.1, 0.15) is 0 Å². The maximum atomic E-state index is 12.0. The second kappa shape index (κ2) is 7.94. The van der Waals surface area contributed by atoms with Gasteiger partial charge in [0.15, 0.2) is 0 Å². The lowest BCUT2D eigenvalue weighted by molar-refractivity contribution is -0.111. The van der Waals surface area contributed by atoms with Crippen LogP contribution in [0.15, 0.2) is 54.6 Å². The molecule has 2 amide bonds. The Balaban J connectivity index is 2.01. The van der Waals surface area contributed by atoms with Crippen molar-refractivity contribution in [1.29, 1.82) is 0 Å². The van der Waals surface area contributed by atoms with Crippen LogP contribution in [-0.4, -0.2) is 18.4 Å². The number of benzene rings is 2. The molecule has 0 aromatic heterocycles. The molecule has 0 spiro atoms. The van der Waals surface area contributed by atoms with Gasteiger partial charge in [0.2, 0.25) is 5.91 Å². The van der Waals surface area contributed by atoms with Gasteiger partial charge >= 0.3 is 0 Å². The minimum Gasteiger partial charge on any atom is -0.352 e. The summed E-state index contributed by atoms with van der Waals surface area (Å²) in [4.78, 5) is 23.7. The van der Waals surface area contributed by atoms with Gasteiger partial charge in [0, 0.05) is 23.9 Å². The standard InChI is InChI=1S/C19H20N2O2/c1-3-20-19(23)16-5-4-6-17(13-16)21-18(22)12-11-15-9-7-14(2)8-10-15/h4-13H,3H2,1-2H3,(H,20,23)(H,21,22). The lowest BCUT2D eigenvalue weighted by Gasteiger charge is -2.06. The van der Waals surface area contributed by atoms with Crippen molar-refractivity contribution in [2.24, 2.45) is 0 Å². The van der Waals surface area contributed by atoms with Crippen molar-refractivity contribution in [2.75, 3.05) is 11.9 Å². The van der Waals surface area contributed by atoms with Gasteiger partial charge < -0.3 is 10.6 Å². The lowest BCUT2D eigenvalue weighted by atomic mass is 10.1. The zero-order valence-electron chi connectivity index (χ0n) is 13.3. The third kappa shape index (κ3) is 5.11. The highest BCUT2D eigenvalue weighted by atomic mass is 16.2. The van der Waals surface area contributed by atoms with Gasteiger partial charge in [0.25, 0.3) is 5.91 Å². The summed E-state index contributed by atoms with van der Waals surface area (Å²) in [7, 11) is 0. The molecule has 2 rings (SSSR count). The smallest absolute Gasteiger partial charge is 0.251 e. The number of rotatable bonds is 5. The molecule has 0 saturated heterocycles. The van der Waals surface area contributed by atoms with Crippen molar-refractivity contribution in [1.82, 2.24) is 5.32 Å². The number of amides is 2. The Labute approximate surface area is 136 Å². The second-order valence-corrected chi connectivity index (χ2v) is 5.17. The van der Waals surface area contributed by atoms with Crippen LogP contribution in [0.1, 0.15) is 28.4 Å². The largest absolute Gasteiger partial charge is 0.352 e. The molecule has 0 atom stereocenters. The first-order valence-corrected chi connectivity index (χ1v) is 7.52. The molecule has 0 bridgehead atoms. The van der Waals surface area contributed by atoms with E-state index in [1.165, 1.54) is 11.6 Å². The Morgan fingerprint density at radius 2 is 1.83 bits per heavy atom. The number of nitrogens with one attached hydrogen (secondary N) is 2. The molecule has 0 fully saturated rings. The molecule has 2 aromatic rings. The lowest BCUT2D eigenvalue weighted by Crippen LogP contribution is -2.22. The monoisotopic (exact) mass is 308 g/mol. The van der Waals surface area contributed by atoms with E-state index in [2.05, 4.69) is 10.6 Å². The van der Waals surface area contributed by atoms with Gasteiger partial charge in [-0.15, -0.1) is 0 Å². The van der Waals surface area contributed by atoms with Crippen LogP contribution >= 0.6 is 0 Å². The second-order valence-electron chi connectivity index (χ2n) is 5.17. The molecule has 4 nitrogen and oxygen atoms in total. The van der Waals surface area contributed by atoms with E-state index < -0.39 is 0 Å². The maximum Gasteiger partial charge on any atom is 0.251 e. The number of anilines is 1. The number of hydrogen-bond donors (Lipinski definition) is 2. The van der Waals surface area contributed by atoms with Crippen LogP contribution < -0.4 is 10.6 Å². The van der Waals surface area contributed by atoms with Gasteiger partial charge in [-0.2, -0.15) is 0 Å². The third-order valence-corrected chi connectivity index (χ3v) is 3.23. The Hall–Kier alpha value is -2.88. The zero-order valence-corrected chi connectivity index (χ0v) is 13.3. The third-order valence-electron chi connectivity index (χ3n) is 3.23. The molecule has 0 saturated carbocycles. The van der Waals surface area contributed by atoms with Crippen LogP contribution in [-0.2, 0) is 4.79 Å². The molecule has 2 aromatic carbocycles. The van der Waals surface area contributed by atoms with Crippen molar-refractivity contribution < 1.29 is 9.59 Å². The molecule has 0 unspecified atom stereocenters. The average Bonchev–Trinajstić information content (AvgIpc) is 2.55. The molecular weight excluding hydrogens is 288 g/mol. The van der Waals surface area contributed by atoms with Gasteiger partial charge in [-0.3, -0.25) is 9.59 Å². The molecule has 0 radical (unpaired) electrons. The Kier molecular flexibility index (Phi) is 5.69. The summed E-state index contributed by atoms with van der Waals surface area (Å²) in [6.45, 7) is 4.44. The summed E-state index contributed by atoms with van der Waals surface area (Å²) in [6.07, 6.45) is 3.23. The van der Waals surface area contributed by atoms with Crippen LogP contribution in [0.4, 0.5) is 5.69 Å². The summed E-state index contributed by atoms with van der Waals surface area (Å²) in [5.41, 5.74) is 3.25. The van der Waals surface area contributed by atoms with Crippen LogP contribution in [0.3, 0.4) is 0 Å². The van der Waals surface area contributed by atoms with Gasteiger partial charge in [0.05, 0.1) is 0 Å². The van der Waals surface area contributed by atoms with E-state index >= 15 is 0 Å². The average molecular weight is 308 g/mol. The number of aryl methyl sites for hydroxylation is 1. The Morgan fingerprint density at radius 1 is 1.09 bits per heavy atom. The predicted molar refractivity (Wildman–Crippen MR) is 93.3 cm³/mol.